The van der Waals surface area contributed by atoms with E-state index in [1.165, 1.54) is 24.5 Å². The van der Waals surface area contributed by atoms with Crippen LogP contribution in [0.25, 0.3) is 0 Å². The second kappa shape index (κ2) is 6.30. The fourth-order valence-electron chi connectivity index (χ4n) is 1.80. The van der Waals surface area contributed by atoms with Gasteiger partial charge in [0, 0.05) is 13.0 Å². The van der Waals surface area contributed by atoms with Crippen molar-refractivity contribution in [3.8, 4) is 0 Å². The molecule has 0 unspecified atom stereocenters. The molecule has 1 amide bonds. The molecule has 1 aromatic carbocycles. The molecule has 2 aromatic rings. The Bertz CT molecular complexity index is 742. The van der Waals surface area contributed by atoms with Gasteiger partial charge in [-0.05, 0) is 24.3 Å². The maximum absolute atomic E-state index is 12.1. The summed E-state index contributed by atoms with van der Waals surface area (Å²) in [4.78, 5) is 11.8. The van der Waals surface area contributed by atoms with E-state index in [0.29, 0.717) is 12.2 Å². The van der Waals surface area contributed by atoms with E-state index >= 15 is 0 Å². The zero-order valence-corrected chi connectivity index (χ0v) is 12.4. The number of nitrogens with two attached hydrogens (primary N) is 1. The van der Waals surface area contributed by atoms with Crippen LogP contribution >= 0.6 is 11.6 Å². The number of furan rings is 1. The van der Waals surface area contributed by atoms with Crippen LogP contribution in [0.1, 0.15) is 16.1 Å². The number of carbonyl (C=O) groups excluding carboxylic acids is 1. The van der Waals surface area contributed by atoms with Gasteiger partial charge in [-0.1, -0.05) is 17.7 Å². The standard InChI is InChI=1S/C13H13ClN2O4S/c14-10-4-1-5-11(21(15,18)19)12(10)13(17)16-7-6-9-3-2-8-20-9/h1-5,8H,6-7H2,(H,16,17)(H2,15,18,19). The number of hydrogen-bond acceptors (Lipinski definition) is 4. The van der Waals surface area contributed by atoms with E-state index in [1.807, 2.05) is 0 Å². The molecule has 0 atom stereocenters. The van der Waals surface area contributed by atoms with E-state index < -0.39 is 15.9 Å². The van der Waals surface area contributed by atoms with Gasteiger partial charge in [-0.3, -0.25) is 4.79 Å². The second-order valence-electron chi connectivity index (χ2n) is 4.24. The topological polar surface area (TPSA) is 102 Å². The molecule has 0 aliphatic heterocycles. The maximum atomic E-state index is 12.1. The lowest BCUT2D eigenvalue weighted by Gasteiger charge is -2.10. The molecule has 0 aliphatic rings. The Kier molecular flexibility index (Phi) is 4.66. The van der Waals surface area contributed by atoms with Crippen LogP contribution in [0.4, 0.5) is 0 Å². The van der Waals surface area contributed by atoms with Gasteiger partial charge in [0.05, 0.1) is 21.7 Å². The highest BCUT2D eigenvalue weighted by atomic mass is 35.5. The van der Waals surface area contributed by atoms with Gasteiger partial charge in [0.25, 0.3) is 5.91 Å². The first-order valence-electron chi connectivity index (χ1n) is 6.01. The highest BCUT2D eigenvalue weighted by Crippen LogP contribution is 2.23. The van der Waals surface area contributed by atoms with Crippen molar-refractivity contribution < 1.29 is 17.6 Å². The van der Waals surface area contributed by atoms with Gasteiger partial charge in [0.2, 0.25) is 10.0 Å². The molecule has 1 aromatic heterocycles. The third-order valence-electron chi connectivity index (χ3n) is 2.75. The van der Waals surface area contributed by atoms with Gasteiger partial charge >= 0.3 is 0 Å². The van der Waals surface area contributed by atoms with Crippen LogP contribution in [0, 0.1) is 0 Å². The normalized spacial score (nSPS) is 11.3. The number of sulfonamides is 1. The summed E-state index contributed by atoms with van der Waals surface area (Å²) in [5.41, 5.74) is -0.152. The number of benzene rings is 1. The number of hydrogen-bond donors (Lipinski definition) is 2. The zero-order valence-electron chi connectivity index (χ0n) is 10.9. The first kappa shape index (κ1) is 15.6. The van der Waals surface area contributed by atoms with Gasteiger partial charge < -0.3 is 9.73 Å². The number of nitrogens with one attached hydrogen (secondary N) is 1. The average molecular weight is 329 g/mol. The molecule has 0 radical (unpaired) electrons. The third kappa shape index (κ3) is 3.84. The smallest absolute Gasteiger partial charge is 0.254 e. The summed E-state index contributed by atoms with van der Waals surface area (Å²) in [6.07, 6.45) is 2.01. The van der Waals surface area contributed by atoms with Crippen LogP contribution in [0.2, 0.25) is 5.02 Å². The van der Waals surface area contributed by atoms with E-state index in [-0.39, 0.29) is 22.0 Å². The second-order valence-corrected chi connectivity index (χ2v) is 6.18. The van der Waals surface area contributed by atoms with Crippen molar-refractivity contribution >= 4 is 27.5 Å². The first-order valence-corrected chi connectivity index (χ1v) is 7.94. The molecule has 3 N–H and O–H groups in total. The molecule has 0 bridgehead atoms. The summed E-state index contributed by atoms with van der Waals surface area (Å²) >= 11 is 5.91. The number of amides is 1. The summed E-state index contributed by atoms with van der Waals surface area (Å²) in [6, 6.07) is 7.60. The van der Waals surface area contributed by atoms with Crippen LogP contribution < -0.4 is 10.5 Å². The number of rotatable bonds is 5. The largest absolute Gasteiger partial charge is 0.469 e. The van der Waals surface area contributed by atoms with Crippen molar-refractivity contribution in [1.29, 1.82) is 0 Å². The van der Waals surface area contributed by atoms with Crippen molar-refractivity contribution in [2.45, 2.75) is 11.3 Å². The van der Waals surface area contributed by atoms with Crippen LogP contribution in [-0.4, -0.2) is 20.9 Å². The molecule has 0 spiro atoms. The van der Waals surface area contributed by atoms with Crippen molar-refractivity contribution in [2.75, 3.05) is 6.54 Å². The maximum Gasteiger partial charge on any atom is 0.254 e. The van der Waals surface area contributed by atoms with Crippen LogP contribution in [-0.2, 0) is 16.4 Å². The summed E-state index contributed by atoms with van der Waals surface area (Å²) in [6.45, 7) is 0.279. The molecular weight excluding hydrogens is 316 g/mol. The lowest BCUT2D eigenvalue weighted by atomic mass is 10.2. The number of primary sulfonamides is 1. The third-order valence-corrected chi connectivity index (χ3v) is 4.01. The quantitative estimate of drug-likeness (QED) is 0.869. The fourth-order valence-corrected chi connectivity index (χ4v) is 2.88. The van der Waals surface area contributed by atoms with Crippen molar-refractivity contribution in [3.05, 3.63) is 52.9 Å². The Morgan fingerprint density at radius 3 is 2.67 bits per heavy atom. The van der Waals surface area contributed by atoms with Gasteiger partial charge in [0.1, 0.15) is 5.76 Å². The summed E-state index contributed by atoms with van der Waals surface area (Å²) in [5, 5.41) is 7.70. The van der Waals surface area contributed by atoms with Crippen LogP contribution in [0.3, 0.4) is 0 Å². The van der Waals surface area contributed by atoms with E-state index in [9.17, 15) is 13.2 Å². The van der Waals surface area contributed by atoms with E-state index in [2.05, 4.69) is 5.32 Å². The lowest BCUT2D eigenvalue weighted by molar-refractivity contribution is 0.0950. The van der Waals surface area contributed by atoms with Crippen molar-refractivity contribution in [2.24, 2.45) is 5.14 Å². The molecule has 21 heavy (non-hydrogen) atoms. The van der Waals surface area contributed by atoms with E-state index in [1.54, 1.807) is 12.1 Å². The predicted octanol–water partition coefficient (Wildman–Crippen LogP) is 1.55. The van der Waals surface area contributed by atoms with Gasteiger partial charge in [-0.2, -0.15) is 0 Å². The SMILES string of the molecule is NS(=O)(=O)c1cccc(Cl)c1C(=O)NCCc1ccco1. The minimum atomic E-state index is -4.03. The van der Waals surface area contributed by atoms with Crippen molar-refractivity contribution in [1.82, 2.24) is 5.32 Å². The number of halogens is 1. The highest BCUT2D eigenvalue weighted by molar-refractivity contribution is 7.89. The van der Waals surface area contributed by atoms with Crippen LogP contribution in [0.5, 0.6) is 0 Å². The molecule has 0 fully saturated rings. The molecule has 1 heterocycles. The molecule has 2 rings (SSSR count). The average Bonchev–Trinajstić information content (AvgIpc) is 2.90. The Morgan fingerprint density at radius 1 is 1.29 bits per heavy atom. The summed E-state index contributed by atoms with van der Waals surface area (Å²) in [5.74, 6) is 0.109. The highest BCUT2D eigenvalue weighted by Gasteiger charge is 2.21. The lowest BCUT2D eigenvalue weighted by Crippen LogP contribution is -2.28. The minimum Gasteiger partial charge on any atom is -0.469 e. The molecule has 8 heteroatoms. The van der Waals surface area contributed by atoms with Gasteiger partial charge in [0.15, 0.2) is 0 Å². The Labute approximate surface area is 126 Å². The van der Waals surface area contributed by atoms with Crippen molar-refractivity contribution in [3.63, 3.8) is 0 Å². The fraction of sp³-hybridized carbons (Fsp3) is 0.154. The molecule has 112 valence electrons. The summed E-state index contributed by atoms with van der Waals surface area (Å²) in [7, 11) is -4.03. The predicted molar refractivity (Wildman–Crippen MR) is 77.6 cm³/mol. The van der Waals surface area contributed by atoms with Crippen LogP contribution in [0.15, 0.2) is 45.9 Å². The minimum absolute atomic E-state index is 0.0250. The molecule has 0 saturated carbocycles. The monoisotopic (exact) mass is 328 g/mol. The summed E-state index contributed by atoms with van der Waals surface area (Å²) < 4.78 is 28.1. The van der Waals surface area contributed by atoms with E-state index in [0.717, 1.165) is 0 Å². The van der Waals surface area contributed by atoms with Gasteiger partial charge in [-0.25, -0.2) is 13.6 Å². The molecular formula is C13H13ClN2O4S. The zero-order chi connectivity index (χ0) is 15.5. The first-order chi connectivity index (χ1) is 9.89. The number of carbonyl (C=O) groups is 1. The van der Waals surface area contributed by atoms with E-state index in [4.69, 9.17) is 21.2 Å². The Balaban J connectivity index is 2.15. The Morgan fingerprint density at radius 2 is 2.05 bits per heavy atom. The van der Waals surface area contributed by atoms with Gasteiger partial charge in [-0.15, -0.1) is 0 Å². The molecule has 0 saturated heterocycles. The molecule has 0 aliphatic carbocycles. The Hall–Kier alpha value is -1.83. The molecule has 6 nitrogen and oxygen atoms in total.